The molecule has 0 radical (unpaired) electrons. The molecule has 0 bridgehead atoms. The highest BCUT2D eigenvalue weighted by molar-refractivity contribution is 5.79. The van der Waals surface area contributed by atoms with Gasteiger partial charge < -0.3 is 10.3 Å². The van der Waals surface area contributed by atoms with Crippen molar-refractivity contribution in [3.8, 4) is 0 Å². The first-order chi connectivity index (χ1) is 10.3. The normalized spacial score (nSPS) is 12.6. The molecule has 1 atom stereocenters. The summed E-state index contributed by atoms with van der Waals surface area (Å²) in [6, 6.07) is 19.4. The Bertz CT molecular complexity index is 685. The van der Waals surface area contributed by atoms with Crippen LogP contribution in [0.1, 0.15) is 30.4 Å². The number of H-pyrrole nitrogens is 1. The van der Waals surface area contributed by atoms with E-state index in [1.54, 1.807) is 0 Å². The highest BCUT2D eigenvalue weighted by Crippen LogP contribution is 2.18. The number of benzene rings is 2. The average molecular weight is 278 g/mol. The van der Waals surface area contributed by atoms with Crippen LogP contribution in [-0.2, 0) is 6.54 Å². The van der Waals surface area contributed by atoms with E-state index in [2.05, 4.69) is 71.8 Å². The van der Waals surface area contributed by atoms with Crippen LogP contribution >= 0.6 is 0 Å². The van der Waals surface area contributed by atoms with Crippen LogP contribution in [0, 0.1) is 0 Å². The van der Waals surface area contributed by atoms with E-state index in [-0.39, 0.29) is 0 Å². The predicted molar refractivity (Wildman–Crippen MR) is 89.5 cm³/mol. The van der Waals surface area contributed by atoms with E-state index in [4.69, 9.17) is 0 Å². The van der Waals surface area contributed by atoms with Gasteiger partial charge >= 0.3 is 0 Å². The van der Waals surface area contributed by atoms with Crippen molar-refractivity contribution in [1.82, 2.24) is 10.3 Å². The number of rotatable bonds is 6. The Kier molecular flexibility index (Phi) is 4.37. The molecular weight excluding hydrogens is 256 g/mol. The lowest BCUT2D eigenvalue weighted by atomic mass is 9.98. The molecule has 1 unspecified atom stereocenters. The molecule has 1 aromatic heterocycles. The summed E-state index contributed by atoms with van der Waals surface area (Å²) in [5.74, 6) is 0.601. The van der Waals surface area contributed by atoms with E-state index < -0.39 is 0 Å². The minimum absolute atomic E-state index is 0.601. The molecule has 0 aliphatic heterocycles. The molecule has 1 heterocycles. The van der Waals surface area contributed by atoms with Gasteiger partial charge in [-0.05, 0) is 47.5 Å². The molecule has 0 fully saturated rings. The highest BCUT2D eigenvalue weighted by Gasteiger charge is 2.04. The van der Waals surface area contributed by atoms with Gasteiger partial charge in [0.2, 0.25) is 0 Å². The molecule has 0 aliphatic rings. The van der Waals surface area contributed by atoms with Gasteiger partial charge in [-0.25, -0.2) is 0 Å². The third-order valence-corrected chi connectivity index (χ3v) is 4.07. The lowest BCUT2D eigenvalue weighted by Crippen LogP contribution is -2.16. The fourth-order valence-corrected chi connectivity index (χ4v) is 2.70. The van der Waals surface area contributed by atoms with Crippen LogP contribution in [0.15, 0.2) is 60.8 Å². The summed E-state index contributed by atoms with van der Waals surface area (Å²) >= 11 is 0. The summed E-state index contributed by atoms with van der Waals surface area (Å²) in [5, 5.41) is 4.82. The Balaban J connectivity index is 1.47. The molecule has 21 heavy (non-hydrogen) atoms. The molecule has 0 spiro atoms. The van der Waals surface area contributed by atoms with Crippen molar-refractivity contribution < 1.29 is 0 Å². The smallest absolute Gasteiger partial charge is 0.0457 e. The van der Waals surface area contributed by atoms with Crippen molar-refractivity contribution in [2.75, 3.05) is 6.54 Å². The molecule has 0 saturated carbocycles. The van der Waals surface area contributed by atoms with Crippen molar-refractivity contribution in [2.45, 2.75) is 25.8 Å². The molecule has 108 valence electrons. The Hall–Kier alpha value is -2.06. The molecule has 3 rings (SSSR count). The van der Waals surface area contributed by atoms with Crippen LogP contribution in [0.5, 0.6) is 0 Å². The van der Waals surface area contributed by atoms with Gasteiger partial charge in [0.25, 0.3) is 0 Å². The summed E-state index contributed by atoms with van der Waals surface area (Å²) in [4.78, 5) is 3.26. The number of aromatic nitrogens is 1. The maximum Gasteiger partial charge on any atom is 0.0457 e. The SMILES string of the molecule is CC(CCNCc1ccc2cc[nH]c2c1)c1ccccc1. The zero-order chi connectivity index (χ0) is 14.5. The number of nitrogens with one attached hydrogen (secondary N) is 2. The first kappa shape index (κ1) is 13.9. The Labute approximate surface area is 126 Å². The van der Waals surface area contributed by atoms with Crippen molar-refractivity contribution in [2.24, 2.45) is 0 Å². The molecule has 2 aromatic carbocycles. The van der Waals surface area contributed by atoms with Crippen LogP contribution in [-0.4, -0.2) is 11.5 Å². The maximum absolute atomic E-state index is 3.55. The minimum atomic E-state index is 0.601. The Morgan fingerprint density at radius 3 is 2.76 bits per heavy atom. The van der Waals surface area contributed by atoms with Gasteiger partial charge in [0.05, 0.1) is 0 Å². The highest BCUT2D eigenvalue weighted by atomic mass is 14.8. The zero-order valence-corrected chi connectivity index (χ0v) is 12.5. The second-order valence-electron chi connectivity index (χ2n) is 5.68. The molecule has 2 nitrogen and oxygen atoms in total. The summed E-state index contributed by atoms with van der Waals surface area (Å²) in [7, 11) is 0. The fraction of sp³-hybridized carbons (Fsp3) is 0.263. The van der Waals surface area contributed by atoms with Crippen LogP contribution in [0.2, 0.25) is 0 Å². The van der Waals surface area contributed by atoms with Gasteiger partial charge in [-0.2, -0.15) is 0 Å². The standard InChI is InChI=1S/C19H22N2/c1-15(17-5-3-2-4-6-17)9-11-20-14-16-7-8-18-10-12-21-19(18)13-16/h2-8,10,12-13,15,20-21H,9,11,14H2,1H3. The van der Waals surface area contributed by atoms with Gasteiger partial charge in [0, 0.05) is 18.3 Å². The number of aromatic amines is 1. The van der Waals surface area contributed by atoms with Crippen molar-refractivity contribution in [1.29, 1.82) is 0 Å². The largest absolute Gasteiger partial charge is 0.361 e. The van der Waals surface area contributed by atoms with E-state index in [1.807, 2.05) is 6.20 Å². The number of hydrogen-bond acceptors (Lipinski definition) is 1. The van der Waals surface area contributed by atoms with E-state index >= 15 is 0 Å². The van der Waals surface area contributed by atoms with Gasteiger partial charge in [-0.1, -0.05) is 49.4 Å². The molecule has 0 saturated heterocycles. The Morgan fingerprint density at radius 1 is 1.05 bits per heavy atom. The molecule has 0 amide bonds. The first-order valence-electron chi connectivity index (χ1n) is 7.64. The van der Waals surface area contributed by atoms with Crippen molar-refractivity contribution >= 4 is 10.9 Å². The lowest BCUT2D eigenvalue weighted by Gasteiger charge is -2.12. The minimum Gasteiger partial charge on any atom is -0.361 e. The second-order valence-corrected chi connectivity index (χ2v) is 5.68. The fourth-order valence-electron chi connectivity index (χ4n) is 2.70. The summed E-state index contributed by atoms with van der Waals surface area (Å²) in [6.07, 6.45) is 3.15. The third-order valence-electron chi connectivity index (χ3n) is 4.07. The molecule has 2 N–H and O–H groups in total. The van der Waals surface area contributed by atoms with E-state index in [9.17, 15) is 0 Å². The second kappa shape index (κ2) is 6.59. The number of fused-ring (bicyclic) bond motifs is 1. The van der Waals surface area contributed by atoms with Gasteiger partial charge in [-0.3, -0.25) is 0 Å². The van der Waals surface area contributed by atoms with Crippen molar-refractivity contribution in [3.63, 3.8) is 0 Å². The van der Waals surface area contributed by atoms with Crippen molar-refractivity contribution in [3.05, 3.63) is 71.9 Å². The topological polar surface area (TPSA) is 27.8 Å². The van der Waals surface area contributed by atoms with Crippen LogP contribution < -0.4 is 5.32 Å². The monoisotopic (exact) mass is 278 g/mol. The maximum atomic E-state index is 3.55. The predicted octanol–water partition coefficient (Wildman–Crippen LogP) is 4.45. The van der Waals surface area contributed by atoms with Gasteiger partial charge in [0.1, 0.15) is 0 Å². The lowest BCUT2D eigenvalue weighted by molar-refractivity contribution is 0.594. The summed E-state index contributed by atoms with van der Waals surface area (Å²) in [5.41, 5.74) is 3.97. The van der Waals surface area contributed by atoms with Gasteiger partial charge in [-0.15, -0.1) is 0 Å². The number of hydrogen-bond donors (Lipinski definition) is 2. The average Bonchev–Trinajstić information content (AvgIpc) is 3.00. The quantitative estimate of drug-likeness (QED) is 0.640. The third kappa shape index (κ3) is 3.53. The molecule has 3 aromatic rings. The summed E-state index contributed by atoms with van der Waals surface area (Å²) in [6.45, 7) is 4.26. The molecule has 0 aliphatic carbocycles. The van der Waals surface area contributed by atoms with Crippen LogP contribution in [0.25, 0.3) is 10.9 Å². The van der Waals surface area contributed by atoms with Crippen LogP contribution in [0.4, 0.5) is 0 Å². The zero-order valence-electron chi connectivity index (χ0n) is 12.5. The Morgan fingerprint density at radius 2 is 1.90 bits per heavy atom. The van der Waals surface area contributed by atoms with E-state index in [1.165, 1.54) is 22.0 Å². The van der Waals surface area contributed by atoms with E-state index in [0.29, 0.717) is 5.92 Å². The summed E-state index contributed by atoms with van der Waals surface area (Å²) < 4.78 is 0. The van der Waals surface area contributed by atoms with Crippen LogP contribution in [0.3, 0.4) is 0 Å². The van der Waals surface area contributed by atoms with Gasteiger partial charge in [0.15, 0.2) is 0 Å². The molecule has 2 heteroatoms. The van der Waals surface area contributed by atoms with E-state index in [0.717, 1.165) is 19.5 Å². The molecular formula is C19H22N2. The first-order valence-corrected chi connectivity index (χ1v) is 7.64.